The van der Waals surface area contributed by atoms with E-state index in [-0.39, 0.29) is 6.04 Å². The van der Waals surface area contributed by atoms with Gasteiger partial charge in [-0.1, -0.05) is 0 Å². The lowest BCUT2D eigenvalue weighted by molar-refractivity contribution is 0.709. The Hall–Kier alpha value is -1.72. The summed E-state index contributed by atoms with van der Waals surface area (Å²) in [5, 5.41) is 2.02. The lowest BCUT2D eigenvalue weighted by Crippen LogP contribution is -2.13. The first-order valence-corrected chi connectivity index (χ1v) is 6.27. The van der Waals surface area contributed by atoms with Gasteiger partial charge in [0.1, 0.15) is 0 Å². The molecule has 86 valence electrons. The number of hydrogen-bond donors (Lipinski definition) is 1. The van der Waals surface area contributed by atoms with Gasteiger partial charge in [0.05, 0.1) is 5.69 Å². The number of pyridine rings is 1. The summed E-state index contributed by atoms with van der Waals surface area (Å²) >= 11 is 1.63. The molecule has 3 rings (SSSR count). The summed E-state index contributed by atoms with van der Waals surface area (Å²) in [6.45, 7) is 0. The van der Waals surface area contributed by atoms with Crippen LogP contribution in [-0.4, -0.2) is 14.4 Å². The van der Waals surface area contributed by atoms with Crippen molar-refractivity contribution in [3.05, 3.63) is 53.6 Å². The van der Waals surface area contributed by atoms with Crippen LogP contribution in [0.5, 0.6) is 0 Å². The molecule has 1 atom stereocenters. The molecule has 3 aromatic rings. The SMILES string of the molecule is NC(Cc1cn2ccsc2n1)c1ccncc1. The highest BCUT2D eigenvalue weighted by Gasteiger charge is 2.10. The fraction of sp³-hybridized carbons (Fsp3) is 0.167. The van der Waals surface area contributed by atoms with Crippen molar-refractivity contribution in [1.82, 2.24) is 14.4 Å². The minimum Gasteiger partial charge on any atom is -0.324 e. The third-order valence-corrected chi connectivity index (χ3v) is 3.48. The lowest BCUT2D eigenvalue weighted by atomic mass is 10.1. The van der Waals surface area contributed by atoms with E-state index in [9.17, 15) is 0 Å². The van der Waals surface area contributed by atoms with E-state index >= 15 is 0 Å². The van der Waals surface area contributed by atoms with Crippen LogP contribution in [0.4, 0.5) is 0 Å². The van der Waals surface area contributed by atoms with Gasteiger partial charge in [-0.15, -0.1) is 11.3 Å². The van der Waals surface area contributed by atoms with Crippen LogP contribution in [0.15, 0.2) is 42.3 Å². The zero-order valence-electron chi connectivity index (χ0n) is 9.15. The Kier molecular flexibility index (Phi) is 2.62. The molecule has 3 aromatic heterocycles. The maximum Gasteiger partial charge on any atom is 0.193 e. The Bertz CT molecular complexity index is 585. The van der Waals surface area contributed by atoms with Crippen LogP contribution in [-0.2, 0) is 6.42 Å². The van der Waals surface area contributed by atoms with E-state index in [0.29, 0.717) is 0 Å². The maximum atomic E-state index is 6.14. The Morgan fingerprint density at radius 3 is 2.94 bits per heavy atom. The van der Waals surface area contributed by atoms with E-state index in [1.54, 1.807) is 23.7 Å². The Morgan fingerprint density at radius 2 is 2.18 bits per heavy atom. The van der Waals surface area contributed by atoms with Gasteiger partial charge in [-0.2, -0.15) is 0 Å². The van der Waals surface area contributed by atoms with Crippen molar-refractivity contribution in [3.63, 3.8) is 0 Å². The predicted octanol–water partition coefficient (Wildman–Crippen LogP) is 2.03. The molecule has 3 heterocycles. The second-order valence-corrected chi connectivity index (χ2v) is 4.79. The molecule has 0 saturated heterocycles. The Morgan fingerprint density at radius 1 is 1.35 bits per heavy atom. The van der Waals surface area contributed by atoms with E-state index in [1.807, 2.05) is 34.3 Å². The number of fused-ring (bicyclic) bond motifs is 1. The second-order valence-electron chi connectivity index (χ2n) is 3.92. The van der Waals surface area contributed by atoms with E-state index < -0.39 is 0 Å². The fourth-order valence-electron chi connectivity index (χ4n) is 1.83. The molecule has 0 bridgehead atoms. The highest BCUT2D eigenvalue weighted by atomic mass is 32.1. The molecular formula is C12H12N4S. The molecule has 0 aromatic carbocycles. The van der Waals surface area contributed by atoms with Gasteiger partial charge in [-0.25, -0.2) is 4.98 Å². The molecular weight excluding hydrogens is 232 g/mol. The molecule has 1 unspecified atom stereocenters. The first-order chi connectivity index (χ1) is 8.33. The smallest absolute Gasteiger partial charge is 0.193 e. The minimum absolute atomic E-state index is 0.0254. The van der Waals surface area contributed by atoms with E-state index in [0.717, 1.165) is 22.6 Å². The largest absolute Gasteiger partial charge is 0.324 e. The van der Waals surface area contributed by atoms with Crippen LogP contribution in [0.1, 0.15) is 17.3 Å². The Balaban J connectivity index is 1.81. The first-order valence-electron chi connectivity index (χ1n) is 5.39. The van der Waals surface area contributed by atoms with Crippen LogP contribution < -0.4 is 5.73 Å². The van der Waals surface area contributed by atoms with Crippen molar-refractivity contribution >= 4 is 16.3 Å². The van der Waals surface area contributed by atoms with Gasteiger partial charge in [0.25, 0.3) is 0 Å². The number of rotatable bonds is 3. The van der Waals surface area contributed by atoms with Crippen molar-refractivity contribution < 1.29 is 0 Å². The van der Waals surface area contributed by atoms with Crippen LogP contribution in [0.2, 0.25) is 0 Å². The lowest BCUT2D eigenvalue weighted by Gasteiger charge is -2.09. The number of aromatic nitrogens is 3. The zero-order valence-corrected chi connectivity index (χ0v) is 9.97. The van der Waals surface area contributed by atoms with Crippen molar-refractivity contribution in [2.24, 2.45) is 5.73 Å². The van der Waals surface area contributed by atoms with Gasteiger partial charge in [0, 0.05) is 42.6 Å². The zero-order chi connectivity index (χ0) is 11.7. The number of nitrogens with two attached hydrogens (primary N) is 1. The minimum atomic E-state index is -0.0254. The molecule has 0 amide bonds. The van der Waals surface area contributed by atoms with Crippen molar-refractivity contribution in [2.45, 2.75) is 12.5 Å². The summed E-state index contributed by atoms with van der Waals surface area (Å²) in [4.78, 5) is 9.53. The average Bonchev–Trinajstić information content (AvgIpc) is 2.90. The van der Waals surface area contributed by atoms with Gasteiger partial charge in [0.2, 0.25) is 0 Å². The summed E-state index contributed by atoms with van der Waals surface area (Å²) < 4.78 is 2.03. The molecule has 0 spiro atoms. The molecule has 0 aliphatic carbocycles. The van der Waals surface area contributed by atoms with Crippen molar-refractivity contribution in [1.29, 1.82) is 0 Å². The van der Waals surface area contributed by atoms with Crippen LogP contribution in [0, 0.1) is 0 Å². The maximum absolute atomic E-state index is 6.14. The summed E-state index contributed by atoms with van der Waals surface area (Å²) in [6, 6.07) is 3.87. The monoisotopic (exact) mass is 244 g/mol. The summed E-state index contributed by atoms with van der Waals surface area (Å²) in [7, 11) is 0. The topological polar surface area (TPSA) is 56.2 Å². The van der Waals surface area contributed by atoms with E-state index in [2.05, 4.69) is 9.97 Å². The average molecular weight is 244 g/mol. The van der Waals surface area contributed by atoms with Gasteiger partial charge >= 0.3 is 0 Å². The second kappa shape index (κ2) is 4.27. The fourth-order valence-corrected chi connectivity index (χ4v) is 2.55. The number of thiazole rings is 1. The van der Waals surface area contributed by atoms with Crippen LogP contribution in [0.25, 0.3) is 4.96 Å². The van der Waals surface area contributed by atoms with Crippen molar-refractivity contribution in [3.8, 4) is 0 Å². The summed E-state index contributed by atoms with van der Waals surface area (Å²) in [5.74, 6) is 0. The molecule has 2 N–H and O–H groups in total. The van der Waals surface area contributed by atoms with Gasteiger partial charge in [-0.05, 0) is 17.7 Å². The molecule has 0 radical (unpaired) electrons. The summed E-state index contributed by atoms with van der Waals surface area (Å²) in [5.41, 5.74) is 8.27. The Labute approximate surface area is 103 Å². The normalized spacial score (nSPS) is 13.0. The standard InChI is InChI=1S/C12H12N4S/c13-11(9-1-3-14-4-2-9)7-10-8-16-5-6-17-12(16)15-10/h1-6,8,11H,7,13H2. The van der Waals surface area contributed by atoms with Gasteiger partial charge < -0.3 is 5.73 Å². The number of nitrogens with zero attached hydrogens (tertiary/aromatic N) is 3. The molecule has 0 saturated carbocycles. The first kappa shape index (κ1) is 10.4. The van der Waals surface area contributed by atoms with Crippen LogP contribution in [0.3, 0.4) is 0 Å². The molecule has 0 aliphatic heterocycles. The molecule has 5 heteroatoms. The third-order valence-electron chi connectivity index (χ3n) is 2.71. The molecule has 0 aliphatic rings. The van der Waals surface area contributed by atoms with Crippen molar-refractivity contribution in [2.75, 3.05) is 0 Å². The summed E-state index contributed by atoms with van der Waals surface area (Å²) in [6.07, 6.45) is 8.32. The van der Waals surface area contributed by atoms with Gasteiger partial charge in [-0.3, -0.25) is 9.38 Å². The van der Waals surface area contributed by atoms with Gasteiger partial charge in [0.15, 0.2) is 4.96 Å². The molecule has 17 heavy (non-hydrogen) atoms. The predicted molar refractivity (Wildman–Crippen MR) is 67.9 cm³/mol. The quantitative estimate of drug-likeness (QED) is 0.767. The van der Waals surface area contributed by atoms with E-state index in [1.165, 1.54) is 0 Å². The van der Waals surface area contributed by atoms with E-state index in [4.69, 9.17) is 5.73 Å². The highest BCUT2D eigenvalue weighted by Crippen LogP contribution is 2.17. The highest BCUT2D eigenvalue weighted by molar-refractivity contribution is 7.15. The third kappa shape index (κ3) is 2.07. The van der Waals surface area contributed by atoms with Crippen LogP contribution >= 0.6 is 11.3 Å². The molecule has 0 fully saturated rings. The number of imidazole rings is 1. The number of hydrogen-bond acceptors (Lipinski definition) is 4. The molecule has 4 nitrogen and oxygen atoms in total.